The highest BCUT2D eigenvalue weighted by Gasteiger charge is 2.44. The van der Waals surface area contributed by atoms with E-state index in [2.05, 4.69) is 26.6 Å². The van der Waals surface area contributed by atoms with Gasteiger partial charge < -0.3 is 50.8 Å². The number of ether oxygens (including phenoxy) is 2. The van der Waals surface area contributed by atoms with E-state index >= 15 is 0 Å². The van der Waals surface area contributed by atoms with Crippen molar-refractivity contribution in [2.75, 3.05) is 59.2 Å². The van der Waals surface area contributed by atoms with Crippen molar-refractivity contribution in [1.29, 1.82) is 0 Å². The summed E-state index contributed by atoms with van der Waals surface area (Å²) in [7, 11) is 4.49. The Hall–Kier alpha value is -7.69. The third-order valence-corrected chi connectivity index (χ3v) is 15.6. The van der Waals surface area contributed by atoms with Gasteiger partial charge in [0, 0.05) is 71.6 Å². The number of anilines is 1. The molecule has 0 saturated carbocycles. The fraction of sp³-hybridized carbons (Fsp3) is 0.583. The topological polar surface area (TPSA) is 283 Å². The molecule has 7 atom stereocenters. The van der Waals surface area contributed by atoms with Crippen LogP contribution in [-0.4, -0.2) is 180 Å². The predicted molar refractivity (Wildman–Crippen MR) is 308 cm³/mol. The van der Waals surface area contributed by atoms with E-state index in [0.717, 1.165) is 15.4 Å². The zero-order chi connectivity index (χ0) is 60.9. The number of amides is 11. The van der Waals surface area contributed by atoms with Crippen LogP contribution < -0.4 is 26.6 Å². The predicted octanol–water partition coefficient (Wildman–Crippen LogP) is 3.65. The van der Waals surface area contributed by atoms with Gasteiger partial charge in [0.2, 0.25) is 47.3 Å². The molecule has 5 N–H and O–H groups in total. The molecule has 0 aromatic heterocycles. The van der Waals surface area contributed by atoms with Crippen molar-refractivity contribution < 1.29 is 62.2 Å². The summed E-state index contributed by atoms with van der Waals surface area (Å²) in [4.78, 5) is 152. The molecule has 0 bridgehead atoms. The lowest BCUT2D eigenvalue weighted by molar-refractivity contribution is -0.149. The first-order chi connectivity index (χ1) is 39.6. The molecule has 3 heterocycles. The second-order valence-electron chi connectivity index (χ2n) is 22.3. The average Bonchev–Trinajstić information content (AvgIpc) is 4.35. The van der Waals surface area contributed by atoms with Gasteiger partial charge in [-0.3, -0.25) is 57.7 Å². The fourth-order valence-corrected chi connectivity index (χ4v) is 10.8. The minimum Gasteiger partial charge on any atom is -0.445 e. The van der Waals surface area contributed by atoms with Crippen molar-refractivity contribution in [3.8, 4) is 0 Å². The molecular weight excluding hydrogens is 1070 g/mol. The number of likely N-dealkylation sites (tertiary alicyclic amines) is 2. The van der Waals surface area contributed by atoms with Crippen molar-refractivity contribution in [2.45, 2.75) is 155 Å². The van der Waals surface area contributed by atoms with E-state index in [-0.39, 0.29) is 79.8 Å². The highest BCUT2D eigenvalue weighted by molar-refractivity contribution is 6.12. The molecule has 3 aliphatic rings. The Morgan fingerprint density at radius 1 is 0.699 bits per heavy atom. The molecule has 2 fully saturated rings. The summed E-state index contributed by atoms with van der Waals surface area (Å²) in [6, 6.07) is 12.1. The molecule has 11 amide bonds. The highest BCUT2D eigenvalue weighted by atomic mass is 16.6. The molecule has 0 radical (unpaired) electrons. The highest BCUT2D eigenvalue weighted by Crippen LogP contribution is 2.28. The zero-order valence-corrected chi connectivity index (χ0v) is 49.6. The van der Waals surface area contributed by atoms with Crippen LogP contribution in [-0.2, 0) is 70.6 Å². The van der Waals surface area contributed by atoms with Gasteiger partial charge in [0.1, 0.15) is 30.8 Å². The summed E-state index contributed by atoms with van der Waals surface area (Å²) in [5.41, 5.74) is 1.91. The number of nitrogens with zero attached hydrogens (tertiary/aromatic N) is 5. The largest absolute Gasteiger partial charge is 0.445 e. The lowest BCUT2D eigenvalue weighted by Gasteiger charge is -2.38. The van der Waals surface area contributed by atoms with E-state index in [9.17, 15) is 52.7 Å². The number of methoxy groups -OCH3 is 1. The maximum atomic E-state index is 14.2. The van der Waals surface area contributed by atoms with E-state index in [1.54, 1.807) is 68.8 Å². The van der Waals surface area contributed by atoms with Gasteiger partial charge in [-0.2, -0.15) is 0 Å². The molecule has 2 saturated heterocycles. The van der Waals surface area contributed by atoms with Crippen LogP contribution in [0.5, 0.6) is 0 Å². The Kier molecular flexibility index (Phi) is 25.7. The SMILES string of the molecule is CC[C@H](C)[C@@H]([C@@H](CC(=O)N1CCC[C@H]1C(=O)N1CCC[C@H]1C(=O)NCc1ccccc1)OC)N(C)C(=O)CNC(=O)C(C(C)C)N(C)C(=O)OCc1ccc(NC(=O)CNC(=O)C(NC(=O)CCCCCN2C(=O)C=CC2=O)C(C)C)cc1. The van der Waals surface area contributed by atoms with Crippen LogP contribution in [0.1, 0.15) is 117 Å². The first-order valence-corrected chi connectivity index (χ1v) is 28.9. The Morgan fingerprint density at radius 3 is 1.96 bits per heavy atom. The number of imide groups is 1. The number of rotatable bonds is 30. The van der Waals surface area contributed by atoms with Crippen LogP contribution in [0.25, 0.3) is 0 Å². The molecule has 0 spiro atoms. The van der Waals surface area contributed by atoms with Crippen LogP contribution in [0, 0.1) is 17.8 Å². The standard InChI is InChI=1S/C60H86N10O13/c1-10-40(6)55(46(82-9)33-51(75)68-31-18-22-45(68)59(80)69-32-17-21-44(69)56(77)61-34-41-19-13-11-14-20-41)66(7)52(76)36-63-58(79)54(39(4)5)67(8)60(81)83-37-42-24-26-43(27-25-42)64-48(72)35-62-57(78)53(38(2)3)65-47(71)23-15-12-16-30-70-49(73)28-29-50(70)74/h11,13-14,19-20,24-29,38-40,44-46,53-55H,10,12,15-18,21-23,30-37H2,1-9H3,(H,61,77)(H,62,78)(H,63,79)(H,64,72)(H,65,71)/t40-,44-,45-,46+,53?,54?,55-/m0/s1. The molecular formula is C60H86N10O13. The van der Waals surface area contributed by atoms with E-state index in [0.29, 0.717) is 82.3 Å². The molecule has 2 unspecified atom stereocenters. The van der Waals surface area contributed by atoms with Gasteiger partial charge in [-0.25, -0.2) is 4.79 Å². The van der Waals surface area contributed by atoms with E-state index in [1.165, 1.54) is 31.2 Å². The summed E-state index contributed by atoms with van der Waals surface area (Å²) in [5.74, 6) is -4.76. The quantitative estimate of drug-likeness (QED) is 0.0553. The molecule has 83 heavy (non-hydrogen) atoms. The Balaban J connectivity index is 1.06. The number of benzene rings is 2. The Labute approximate surface area is 487 Å². The summed E-state index contributed by atoms with van der Waals surface area (Å²) in [5, 5.41) is 13.6. The molecule has 5 rings (SSSR count). The van der Waals surface area contributed by atoms with Crippen LogP contribution in [0.3, 0.4) is 0 Å². The van der Waals surface area contributed by atoms with Crippen molar-refractivity contribution in [3.05, 3.63) is 77.9 Å². The number of likely N-dealkylation sites (N-methyl/N-ethyl adjacent to an activating group) is 2. The maximum Gasteiger partial charge on any atom is 0.410 e. The summed E-state index contributed by atoms with van der Waals surface area (Å²) >= 11 is 0. The van der Waals surface area contributed by atoms with Crippen LogP contribution in [0.2, 0.25) is 0 Å². The van der Waals surface area contributed by atoms with Gasteiger partial charge >= 0.3 is 6.09 Å². The van der Waals surface area contributed by atoms with E-state index < -0.39 is 78.5 Å². The average molecular weight is 1160 g/mol. The van der Waals surface area contributed by atoms with Gasteiger partial charge in [0.15, 0.2) is 0 Å². The zero-order valence-electron chi connectivity index (χ0n) is 49.6. The van der Waals surface area contributed by atoms with Crippen LogP contribution in [0.15, 0.2) is 66.7 Å². The van der Waals surface area contributed by atoms with E-state index in [4.69, 9.17) is 9.47 Å². The van der Waals surface area contributed by atoms with E-state index in [1.807, 2.05) is 44.2 Å². The van der Waals surface area contributed by atoms with Gasteiger partial charge in [0.05, 0.1) is 31.7 Å². The van der Waals surface area contributed by atoms with Crippen LogP contribution >= 0.6 is 0 Å². The number of carbonyl (C=O) groups excluding carboxylic acids is 11. The number of carbonyl (C=O) groups is 11. The fourth-order valence-electron chi connectivity index (χ4n) is 10.8. The van der Waals surface area contributed by atoms with Crippen molar-refractivity contribution in [2.24, 2.45) is 17.8 Å². The molecule has 3 aliphatic heterocycles. The van der Waals surface area contributed by atoms with Crippen LogP contribution in [0.4, 0.5) is 10.5 Å². The Bertz CT molecular complexity index is 2610. The number of hydrogen-bond acceptors (Lipinski definition) is 13. The van der Waals surface area contributed by atoms with Crippen molar-refractivity contribution >= 4 is 70.9 Å². The normalized spacial score (nSPS) is 17.6. The third kappa shape index (κ3) is 18.9. The molecule has 2 aromatic rings. The number of hydrogen-bond donors (Lipinski definition) is 5. The second-order valence-corrected chi connectivity index (χ2v) is 22.3. The molecule has 2 aromatic carbocycles. The van der Waals surface area contributed by atoms with Crippen molar-refractivity contribution in [1.82, 2.24) is 45.8 Å². The second kappa shape index (κ2) is 32.2. The lowest BCUT2D eigenvalue weighted by atomic mass is 9.90. The summed E-state index contributed by atoms with van der Waals surface area (Å²) < 4.78 is 11.5. The number of unbranched alkanes of at least 4 members (excludes halogenated alkanes) is 2. The smallest absolute Gasteiger partial charge is 0.410 e. The first kappa shape index (κ1) is 66.1. The minimum absolute atomic E-state index is 0.116. The third-order valence-electron chi connectivity index (χ3n) is 15.6. The molecule has 23 heteroatoms. The Morgan fingerprint density at radius 2 is 1.34 bits per heavy atom. The molecule has 0 aliphatic carbocycles. The minimum atomic E-state index is -1.03. The van der Waals surface area contributed by atoms with Crippen molar-refractivity contribution in [3.63, 3.8) is 0 Å². The molecule has 23 nitrogen and oxygen atoms in total. The summed E-state index contributed by atoms with van der Waals surface area (Å²) in [6.45, 7) is 11.4. The lowest BCUT2D eigenvalue weighted by Crippen LogP contribution is -2.56. The monoisotopic (exact) mass is 1150 g/mol. The summed E-state index contributed by atoms with van der Waals surface area (Å²) in [6.07, 6.45) is 5.45. The maximum absolute atomic E-state index is 14.2. The van der Waals surface area contributed by atoms with Gasteiger partial charge in [-0.15, -0.1) is 0 Å². The van der Waals surface area contributed by atoms with Gasteiger partial charge in [-0.05, 0) is 79.5 Å². The first-order valence-electron chi connectivity index (χ1n) is 28.9. The van der Waals surface area contributed by atoms with Gasteiger partial charge in [-0.1, -0.05) is 96.8 Å². The van der Waals surface area contributed by atoms with Gasteiger partial charge in [0.25, 0.3) is 11.8 Å². The molecule has 454 valence electrons. The number of nitrogens with one attached hydrogen (secondary N) is 5.